The zero-order valence-electron chi connectivity index (χ0n) is 13.9. The fraction of sp³-hybridized carbons (Fsp3) is 0.647. The number of guanidine groups is 1. The maximum absolute atomic E-state index is 4.57. The van der Waals surface area contributed by atoms with E-state index in [0.29, 0.717) is 6.54 Å². The zero-order valence-corrected chi connectivity index (χ0v) is 14.7. The number of hydrogen-bond donors (Lipinski definition) is 2. The third kappa shape index (κ3) is 4.70. The molecule has 1 fully saturated rings. The second kappa shape index (κ2) is 8.34. The Morgan fingerprint density at radius 3 is 3.00 bits per heavy atom. The Morgan fingerprint density at radius 1 is 1.35 bits per heavy atom. The van der Waals surface area contributed by atoms with Crippen LogP contribution in [0.3, 0.4) is 0 Å². The van der Waals surface area contributed by atoms with Gasteiger partial charge in [0.05, 0.1) is 12.2 Å². The molecule has 0 aliphatic heterocycles. The van der Waals surface area contributed by atoms with E-state index < -0.39 is 0 Å². The average molecular weight is 334 g/mol. The first-order chi connectivity index (χ1) is 11.3. The van der Waals surface area contributed by atoms with E-state index in [2.05, 4.69) is 31.2 Å². The van der Waals surface area contributed by atoms with Crippen molar-refractivity contribution in [2.75, 3.05) is 13.6 Å². The van der Waals surface area contributed by atoms with Gasteiger partial charge in [0.15, 0.2) is 10.9 Å². The van der Waals surface area contributed by atoms with Crippen molar-refractivity contribution in [3.63, 3.8) is 0 Å². The Balaban J connectivity index is 1.32. The van der Waals surface area contributed by atoms with Gasteiger partial charge in [-0.2, -0.15) is 0 Å². The molecule has 0 aromatic carbocycles. The van der Waals surface area contributed by atoms with Crippen LogP contribution in [0.4, 0.5) is 0 Å². The van der Waals surface area contributed by atoms with Crippen LogP contribution in [0.1, 0.15) is 50.6 Å². The highest BCUT2D eigenvalue weighted by Gasteiger charge is 2.13. The minimum absolute atomic E-state index is 0.705. The highest BCUT2D eigenvalue weighted by atomic mass is 32.1. The first-order valence-electron chi connectivity index (χ1n) is 8.71. The normalized spacial score (nSPS) is 16.3. The molecule has 0 radical (unpaired) electrons. The Labute approximate surface area is 142 Å². The molecule has 1 saturated carbocycles. The van der Waals surface area contributed by atoms with Crippen molar-refractivity contribution in [1.29, 1.82) is 0 Å². The summed E-state index contributed by atoms with van der Waals surface area (Å²) in [5.41, 5.74) is 1.04. The quantitative estimate of drug-likeness (QED) is 0.464. The Bertz CT molecular complexity index is 595. The van der Waals surface area contributed by atoms with Crippen LogP contribution in [0, 0.1) is 5.92 Å². The van der Waals surface area contributed by atoms with Crippen LogP contribution in [0.5, 0.6) is 0 Å². The summed E-state index contributed by atoms with van der Waals surface area (Å²) in [4.78, 5) is 9.89. The van der Waals surface area contributed by atoms with Gasteiger partial charge in [-0.25, -0.2) is 4.98 Å². The fourth-order valence-electron chi connectivity index (χ4n) is 3.32. The number of aromatic nitrogens is 2. The van der Waals surface area contributed by atoms with Crippen LogP contribution in [0.25, 0.3) is 4.96 Å². The summed E-state index contributed by atoms with van der Waals surface area (Å²) in [6.07, 6.45) is 13.9. The molecule has 0 spiro atoms. The molecule has 0 saturated heterocycles. The molecule has 0 bridgehead atoms. The van der Waals surface area contributed by atoms with Gasteiger partial charge in [-0.3, -0.25) is 9.39 Å². The van der Waals surface area contributed by atoms with Crippen LogP contribution >= 0.6 is 11.3 Å². The molecule has 1 aliphatic carbocycles. The summed E-state index contributed by atoms with van der Waals surface area (Å²) in [5, 5.41) is 8.78. The molecule has 2 heterocycles. The lowest BCUT2D eigenvalue weighted by Crippen LogP contribution is -2.37. The van der Waals surface area contributed by atoms with E-state index in [4.69, 9.17) is 0 Å². The molecule has 126 valence electrons. The second-order valence-electron chi connectivity index (χ2n) is 6.32. The minimum Gasteiger partial charge on any atom is -0.356 e. The Hall–Kier alpha value is -1.56. The first kappa shape index (κ1) is 16.3. The monoisotopic (exact) mass is 333 g/mol. The smallest absolute Gasteiger partial charge is 0.193 e. The number of nitrogens with zero attached hydrogens (tertiary/aromatic N) is 3. The van der Waals surface area contributed by atoms with Gasteiger partial charge in [0, 0.05) is 31.4 Å². The number of imidazole rings is 1. The minimum atomic E-state index is 0.705. The van der Waals surface area contributed by atoms with Crippen molar-refractivity contribution in [1.82, 2.24) is 20.0 Å². The van der Waals surface area contributed by atoms with Crippen LogP contribution in [0.2, 0.25) is 0 Å². The van der Waals surface area contributed by atoms with Crippen molar-refractivity contribution in [3.05, 3.63) is 23.5 Å². The second-order valence-corrected chi connectivity index (χ2v) is 7.20. The van der Waals surface area contributed by atoms with Gasteiger partial charge in [-0.05, 0) is 12.3 Å². The summed E-state index contributed by atoms with van der Waals surface area (Å²) < 4.78 is 2.06. The first-order valence-corrected chi connectivity index (χ1v) is 9.58. The summed E-state index contributed by atoms with van der Waals surface area (Å²) in [6.45, 7) is 1.70. The molecule has 2 aromatic heterocycles. The van der Waals surface area contributed by atoms with E-state index in [1.807, 2.05) is 18.6 Å². The number of nitrogens with one attached hydrogen (secondary N) is 2. The Morgan fingerprint density at radius 2 is 2.22 bits per heavy atom. The van der Waals surface area contributed by atoms with Crippen LogP contribution < -0.4 is 10.6 Å². The molecule has 23 heavy (non-hydrogen) atoms. The van der Waals surface area contributed by atoms with Crippen molar-refractivity contribution in [2.45, 2.75) is 51.5 Å². The van der Waals surface area contributed by atoms with Crippen molar-refractivity contribution in [2.24, 2.45) is 10.9 Å². The summed E-state index contributed by atoms with van der Waals surface area (Å²) in [6, 6.07) is 0. The van der Waals surface area contributed by atoms with Crippen LogP contribution in [0.15, 0.2) is 22.8 Å². The standard InChI is InChI=1S/C17H27N5S/c1-18-16(19-9-5-4-8-14-6-2-3-7-14)20-12-15-13-22-10-11-23-17(22)21-15/h10-11,13-14H,2-9,12H2,1H3,(H2,18,19,20). The van der Waals surface area contributed by atoms with E-state index in [9.17, 15) is 0 Å². The Kier molecular flexibility index (Phi) is 5.91. The molecular weight excluding hydrogens is 306 g/mol. The summed E-state index contributed by atoms with van der Waals surface area (Å²) in [5.74, 6) is 1.87. The largest absolute Gasteiger partial charge is 0.356 e. The maximum atomic E-state index is 4.57. The van der Waals surface area contributed by atoms with E-state index in [0.717, 1.165) is 29.1 Å². The van der Waals surface area contributed by atoms with Crippen LogP contribution in [-0.2, 0) is 6.54 Å². The molecule has 3 rings (SSSR count). The van der Waals surface area contributed by atoms with Gasteiger partial charge >= 0.3 is 0 Å². The number of rotatable bonds is 7. The fourth-order valence-corrected chi connectivity index (χ4v) is 4.04. The van der Waals surface area contributed by atoms with Crippen molar-refractivity contribution in [3.8, 4) is 0 Å². The maximum Gasteiger partial charge on any atom is 0.193 e. The number of thiazole rings is 1. The summed E-state index contributed by atoms with van der Waals surface area (Å²) >= 11 is 1.66. The molecule has 6 heteroatoms. The average Bonchev–Trinajstić information content (AvgIpc) is 3.26. The topological polar surface area (TPSA) is 53.7 Å². The molecule has 5 nitrogen and oxygen atoms in total. The van der Waals surface area contributed by atoms with Crippen molar-refractivity contribution < 1.29 is 0 Å². The van der Waals surface area contributed by atoms with E-state index >= 15 is 0 Å². The number of fused-ring (bicyclic) bond motifs is 1. The molecule has 1 aliphatic rings. The summed E-state index contributed by atoms with van der Waals surface area (Å²) in [7, 11) is 1.82. The highest BCUT2D eigenvalue weighted by Crippen LogP contribution is 2.28. The van der Waals surface area contributed by atoms with Crippen molar-refractivity contribution >= 4 is 22.3 Å². The molecule has 0 amide bonds. The molecular formula is C17H27N5S. The van der Waals surface area contributed by atoms with Gasteiger partial charge in [-0.15, -0.1) is 11.3 Å². The molecule has 2 N–H and O–H groups in total. The third-order valence-corrected chi connectivity index (χ3v) is 5.38. The van der Waals surface area contributed by atoms with E-state index in [1.165, 1.54) is 44.9 Å². The van der Waals surface area contributed by atoms with Gasteiger partial charge in [0.2, 0.25) is 0 Å². The molecule has 2 aromatic rings. The van der Waals surface area contributed by atoms with Gasteiger partial charge in [-0.1, -0.05) is 38.5 Å². The molecule has 0 atom stereocenters. The lowest BCUT2D eigenvalue weighted by molar-refractivity contribution is 0.472. The van der Waals surface area contributed by atoms with Crippen LogP contribution in [-0.4, -0.2) is 28.9 Å². The van der Waals surface area contributed by atoms with E-state index in [1.54, 1.807) is 11.3 Å². The lowest BCUT2D eigenvalue weighted by Gasteiger charge is -2.12. The van der Waals surface area contributed by atoms with Gasteiger partial charge < -0.3 is 10.6 Å². The highest BCUT2D eigenvalue weighted by molar-refractivity contribution is 7.15. The number of aliphatic imine (C=N–C) groups is 1. The molecule has 0 unspecified atom stereocenters. The third-order valence-electron chi connectivity index (χ3n) is 4.61. The SMILES string of the molecule is CN=C(NCCCCC1CCCC1)NCc1cn2ccsc2n1. The van der Waals surface area contributed by atoms with E-state index in [-0.39, 0.29) is 0 Å². The number of hydrogen-bond acceptors (Lipinski definition) is 3. The predicted octanol–water partition coefficient (Wildman–Crippen LogP) is 3.42. The zero-order chi connectivity index (χ0) is 15.9. The van der Waals surface area contributed by atoms with Gasteiger partial charge in [0.25, 0.3) is 0 Å². The predicted molar refractivity (Wildman–Crippen MR) is 97.1 cm³/mol. The van der Waals surface area contributed by atoms with Gasteiger partial charge in [0.1, 0.15) is 0 Å². The lowest BCUT2D eigenvalue weighted by atomic mass is 10.0. The number of unbranched alkanes of at least 4 members (excludes halogenated alkanes) is 1.